The van der Waals surface area contributed by atoms with E-state index in [9.17, 15) is 71.1 Å². The zero-order valence-corrected chi connectivity index (χ0v) is 92.2. The van der Waals surface area contributed by atoms with Crippen LogP contribution in [0.1, 0.15) is 81.7 Å². The topological polar surface area (TPSA) is 517 Å². The molecule has 0 aliphatic rings. The molecule has 0 saturated carbocycles. The third kappa shape index (κ3) is 41.4. The molecule has 5 atom stereocenters. The molecule has 4 heterocycles. The summed E-state index contributed by atoms with van der Waals surface area (Å²) >= 11 is 1.21. The van der Waals surface area contributed by atoms with Gasteiger partial charge >= 0.3 is 0 Å². The molecule has 0 bridgehead atoms. The molecule has 50 heteroatoms. The lowest BCUT2D eigenvalue weighted by Crippen LogP contribution is -2.18. The summed E-state index contributed by atoms with van der Waals surface area (Å²) in [5.41, 5.74) is 1.55. The van der Waals surface area contributed by atoms with Crippen LogP contribution < -0.4 is 59.2 Å². The van der Waals surface area contributed by atoms with E-state index in [2.05, 4.69) is 41.5 Å². The molecule has 12 aromatic rings. The highest BCUT2D eigenvalue weighted by atomic mass is 32.2. The van der Waals surface area contributed by atoms with Crippen LogP contribution in [0.2, 0.25) is 0 Å². The highest BCUT2D eigenvalue weighted by Gasteiger charge is 2.25. The number of hydrogen-bond donors (Lipinski definition) is 4. The fraction of sp³-hybridized carbons (Fsp3) is 0.340. The smallest absolute Gasteiger partial charge is 0.257 e. The van der Waals surface area contributed by atoms with E-state index < -0.39 is 92.0 Å². The van der Waals surface area contributed by atoms with Crippen LogP contribution in [-0.4, -0.2) is 249 Å². The van der Waals surface area contributed by atoms with Crippen molar-refractivity contribution in [3.05, 3.63) is 240 Å². The number of nitrogens with zero attached hydrogens (tertiary/aromatic N) is 7. The van der Waals surface area contributed by atoms with E-state index >= 15 is 0 Å². The summed E-state index contributed by atoms with van der Waals surface area (Å²) < 4.78 is 225. The van der Waals surface area contributed by atoms with Crippen LogP contribution in [0.4, 0.5) is 22.6 Å². The Kier molecular flexibility index (Phi) is 42.7. The highest BCUT2D eigenvalue weighted by molar-refractivity contribution is 7.91. The fourth-order valence-electron chi connectivity index (χ4n) is 13.1. The summed E-state index contributed by atoms with van der Waals surface area (Å²) in [6.45, 7) is 22.1. The number of carbonyl (C=O) groups is 4. The molecule has 4 N–H and O–H groups in total. The van der Waals surface area contributed by atoms with Crippen molar-refractivity contribution in [3.8, 4) is 69.0 Å². The minimum Gasteiger partial charge on any atom is -0.488 e. The SMILES string of the molecule is CCOP(C)(=O)Cn1ccc(NC(=O)c2cc(Oc3ccc(S(C)(=O)=O)cc3)cc(O[C@@H](C)COC)c2)n1.COC[C@H](C)Oc1cc(Oc2ccc(S(C)(=O)=O)cc2)cc(C(=O)Nc2ccn(CP(C)(C)=O)n2)c1.COC[C@H](C)Oc1cc(Oc2ccc(S(C)(=O)=O)cc2)cc(C(=O)Nc2ccn(CP(C)(C)=O)n2)c1.COC[C@H](C)Oc1cc(Oc2ccc(S(C)(=O)=O)cc2)cc(C(=O)Nc2nc(COP(C)(C)=O)cs2)c1. The summed E-state index contributed by atoms with van der Waals surface area (Å²) in [7, 11) is -17.3. The molecular formula is C97H121N11O30P4S5. The zero-order chi connectivity index (χ0) is 108. The fourth-order valence-corrected chi connectivity index (χ4v) is 19.7. The first-order valence-electron chi connectivity index (χ1n) is 44.8. The average Bonchev–Trinajstić information content (AvgIpc) is 1.48. The third-order valence-corrected chi connectivity index (χ3v) is 28.8. The van der Waals surface area contributed by atoms with Crippen molar-refractivity contribution in [2.45, 2.75) is 104 Å². The molecule has 12 rings (SSSR count). The number of sulfone groups is 4. The predicted molar refractivity (Wildman–Crippen MR) is 561 cm³/mol. The van der Waals surface area contributed by atoms with Gasteiger partial charge in [-0.25, -0.2) is 38.7 Å². The van der Waals surface area contributed by atoms with Gasteiger partial charge in [-0.1, -0.05) is 0 Å². The molecule has 0 saturated heterocycles. The van der Waals surface area contributed by atoms with Gasteiger partial charge in [0.1, 0.15) is 114 Å². The van der Waals surface area contributed by atoms with Crippen molar-refractivity contribution in [3.63, 3.8) is 0 Å². The van der Waals surface area contributed by atoms with E-state index in [4.69, 9.17) is 65.9 Å². The Morgan fingerprint density at radius 1 is 0.347 bits per heavy atom. The Balaban J connectivity index is 0.000000218. The Morgan fingerprint density at radius 2 is 0.599 bits per heavy atom. The number of hydrogen-bond acceptors (Lipinski definition) is 35. The molecule has 1 unspecified atom stereocenters. The second kappa shape index (κ2) is 53.1. The Bertz CT molecular complexity index is 7010. The second-order valence-electron chi connectivity index (χ2n) is 34.9. The molecule has 0 aliphatic carbocycles. The minimum atomic E-state index is -3.35. The van der Waals surface area contributed by atoms with Gasteiger partial charge in [0.25, 0.3) is 23.6 Å². The van der Waals surface area contributed by atoms with Gasteiger partial charge in [0, 0.05) is 162 Å². The van der Waals surface area contributed by atoms with Gasteiger partial charge in [-0.05, 0) is 207 Å². The molecule has 41 nitrogen and oxygen atoms in total. The largest absolute Gasteiger partial charge is 0.488 e. The van der Waals surface area contributed by atoms with Gasteiger partial charge in [-0.2, -0.15) is 15.3 Å². The molecule has 0 fully saturated rings. The molecule has 0 radical (unpaired) electrons. The number of amides is 4. The summed E-state index contributed by atoms with van der Waals surface area (Å²) in [4.78, 5) is 57.1. The van der Waals surface area contributed by atoms with Crippen LogP contribution in [0.15, 0.2) is 232 Å². The number of benzene rings is 8. The first kappa shape index (κ1) is 118. The van der Waals surface area contributed by atoms with Gasteiger partial charge in [0.15, 0.2) is 69.3 Å². The lowest BCUT2D eigenvalue weighted by Gasteiger charge is -2.16. The lowest BCUT2D eigenvalue weighted by molar-refractivity contribution is 0.0915. The van der Waals surface area contributed by atoms with E-state index in [1.54, 1.807) is 153 Å². The quantitative estimate of drug-likeness (QED) is 0.0257. The second-order valence-corrected chi connectivity index (χ2v) is 56.0. The maximum Gasteiger partial charge on any atom is 0.257 e. The number of carbonyl (C=O) groups excluding carboxylic acids is 4. The number of nitrogens with one attached hydrogen (secondary N) is 4. The van der Waals surface area contributed by atoms with Crippen LogP contribution in [0.3, 0.4) is 0 Å². The number of methoxy groups -OCH3 is 4. The number of aromatic nitrogens is 7. The number of thiazole rings is 1. The van der Waals surface area contributed by atoms with Crippen LogP contribution in [-0.2, 0) is 111 Å². The van der Waals surface area contributed by atoms with E-state index in [1.165, 1.54) is 167 Å². The molecule has 4 amide bonds. The van der Waals surface area contributed by atoms with Crippen molar-refractivity contribution in [2.24, 2.45) is 0 Å². The van der Waals surface area contributed by atoms with Crippen molar-refractivity contribution < 1.29 is 137 Å². The van der Waals surface area contributed by atoms with Crippen molar-refractivity contribution in [1.82, 2.24) is 34.3 Å². The normalized spacial score (nSPS) is 13.0. The van der Waals surface area contributed by atoms with Crippen LogP contribution >= 0.6 is 40.4 Å². The van der Waals surface area contributed by atoms with Gasteiger partial charge < -0.3 is 91.0 Å². The maximum absolute atomic E-state index is 13.1. The third-order valence-electron chi connectivity index (χ3n) is 19.2. The monoisotopic (exact) mass is 2200 g/mol. The van der Waals surface area contributed by atoms with Gasteiger partial charge in [-0.3, -0.25) is 47.7 Å². The number of anilines is 4. The first-order valence-corrected chi connectivity index (χ1v) is 63.6. The zero-order valence-electron chi connectivity index (χ0n) is 84.6. The first-order chi connectivity index (χ1) is 68.8. The molecular weight excluding hydrogens is 2080 g/mol. The summed E-state index contributed by atoms with van der Waals surface area (Å²) in [6, 6.07) is 47.5. The summed E-state index contributed by atoms with van der Waals surface area (Å²) in [6.07, 6.45) is 8.84. The van der Waals surface area contributed by atoms with E-state index in [1.807, 2.05) is 27.7 Å². The van der Waals surface area contributed by atoms with E-state index in [0.717, 1.165) is 25.0 Å². The molecule has 794 valence electrons. The van der Waals surface area contributed by atoms with E-state index in [-0.39, 0.29) is 97.5 Å². The molecule has 0 spiro atoms. The van der Waals surface area contributed by atoms with Gasteiger partial charge in [0.05, 0.1) is 77.5 Å². The summed E-state index contributed by atoms with van der Waals surface area (Å²) in [5.74, 6) is 3.41. The predicted octanol–water partition coefficient (Wildman–Crippen LogP) is 18.4. The van der Waals surface area contributed by atoms with Crippen molar-refractivity contribution >= 4 is 126 Å². The molecule has 147 heavy (non-hydrogen) atoms. The minimum absolute atomic E-state index is 0.0769. The molecule has 4 aromatic heterocycles. The van der Waals surface area contributed by atoms with E-state index in [0.29, 0.717) is 124 Å². The maximum atomic E-state index is 13.1. The highest BCUT2D eigenvalue weighted by Crippen LogP contribution is 2.45. The standard InChI is InChI=1S/C25H32N3O8PS.2C24H30N3O7PS.C24H29N2O8PS2/c1-6-34-37(4,30)17-28-12-11-24(27-28)26-25(29)19-13-21(35-18(2)16-33-3)15-22(14-19)36-20-7-9-23(10-8-20)38(5,31)32;2*1-17(15-32-2)33-20-12-18(24(28)25-23-10-11-27(26-23)16-35(3,4)29)13-21(14-20)34-19-6-8-22(9-7-19)36(5,30)31;1-16(13-31-2)33-20-10-17(23(27)26-24-25-18(15-36-24)14-32-35(3,4)28)11-21(12-20)34-19-6-8-22(9-7-19)37(5,29)30/h7-15,18H,6,16-17H2,1-5H3,(H,26,27,29);2*6-14,17H,15-16H2,1-5H3,(H,25,26,28);6-12,15-16H,13-14H2,1-5H3,(H,25,26,27)/t18-,37?;2*17-;16-/m0000/s1. The van der Waals surface area contributed by atoms with Crippen LogP contribution in [0.25, 0.3) is 0 Å². The van der Waals surface area contributed by atoms with Crippen molar-refractivity contribution in [2.75, 3.05) is 154 Å². The van der Waals surface area contributed by atoms with Gasteiger partial charge in [-0.15, -0.1) is 11.3 Å². The molecule has 0 aliphatic heterocycles. The van der Waals surface area contributed by atoms with Gasteiger partial charge in [0.2, 0.25) is 7.37 Å². The average molecular weight is 2210 g/mol. The lowest BCUT2D eigenvalue weighted by atomic mass is 10.2. The van der Waals surface area contributed by atoms with Crippen molar-refractivity contribution in [1.29, 1.82) is 0 Å². The Morgan fingerprint density at radius 3 is 0.837 bits per heavy atom. The van der Waals surface area contributed by atoms with Crippen LogP contribution in [0.5, 0.6) is 69.0 Å². The Labute approximate surface area is 859 Å². The summed E-state index contributed by atoms with van der Waals surface area (Å²) in [5, 5.41) is 25.7. The number of ether oxygens (including phenoxy) is 12. The van der Waals surface area contributed by atoms with Crippen LogP contribution in [0, 0.1) is 0 Å². The molecule has 8 aromatic carbocycles. The Hall–Kier alpha value is -12.2. The number of rotatable bonds is 47.